The molecular weight excluding hydrogens is 262 g/mol. The van der Waals surface area contributed by atoms with Crippen LogP contribution in [0, 0.1) is 12.8 Å². The van der Waals surface area contributed by atoms with Gasteiger partial charge in [-0.3, -0.25) is 0 Å². The molecule has 1 aromatic rings. The zero-order valence-electron chi connectivity index (χ0n) is 13.9. The van der Waals surface area contributed by atoms with Gasteiger partial charge in [0.15, 0.2) is 0 Å². The van der Waals surface area contributed by atoms with Crippen LogP contribution < -0.4 is 10.1 Å². The van der Waals surface area contributed by atoms with E-state index in [0.29, 0.717) is 12.5 Å². The average Bonchev–Trinajstić information content (AvgIpc) is 2.90. The van der Waals surface area contributed by atoms with Gasteiger partial charge in [0.25, 0.3) is 0 Å². The van der Waals surface area contributed by atoms with Crippen LogP contribution in [-0.4, -0.2) is 32.9 Å². The Morgan fingerprint density at radius 1 is 1.33 bits per heavy atom. The fourth-order valence-electron chi connectivity index (χ4n) is 2.65. The van der Waals surface area contributed by atoms with E-state index in [2.05, 4.69) is 51.2 Å². The van der Waals surface area contributed by atoms with Crippen LogP contribution in [0.2, 0.25) is 0 Å². The molecule has 1 N–H and O–H groups in total. The summed E-state index contributed by atoms with van der Waals surface area (Å²) in [7, 11) is 0. The molecule has 1 atom stereocenters. The molecule has 0 amide bonds. The van der Waals surface area contributed by atoms with Crippen molar-refractivity contribution in [3.63, 3.8) is 0 Å². The van der Waals surface area contributed by atoms with Gasteiger partial charge in [-0.15, -0.1) is 0 Å². The molecule has 3 heteroatoms. The van der Waals surface area contributed by atoms with Gasteiger partial charge in [0.1, 0.15) is 12.4 Å². The highest BCUT2D eigenvalue weighted by Crippen LogP contribution is 2.31. The van der Waals surface area contributed by atoms with Crippen LogP contribution in [0.1, 0.15) is 38.3 Å². The van der Waals surface area contributed by atoms with Crippen LogP contribution in [0.15, 0.2) is 18.2 Å². The van der Waals surface area contributed by atoms with Crippen LogP contribution >= 0.6 is 0 Å². The van der Waals surface area contributed by atoms with E-state index in [0.717, 1.165) is 32.1 Å². The summed E-state index contributed by atoms with van der Waals surface area (Å²) in [4.78, 5) is 0. The lowest BCUT2D eigenvalue weighted by Gasteiger charge is -2.23. The standard InChI is InChI=1S/C18H29NO2/c1-14-5-6-16(18(2,3)4)17(11-14)21-10-8-19-12-15-7-9-20-13-15/h5-6,11,15,19H,7-10,12-13H2,1-4H3. The van der Waals surface area contributed by atoms with Gasteiger partial charge in [-0.2, -0.15) is 0 Å². The van der Waals surface area contributed by atoms with Crippen molar-refractivity contribution in [2.24, 2.45) is 5.92 Å². The molecule has 1 aliphatic rings. The second kappa shape index (κ2) is 7.28. The third-order valence-corrected chi connectivity index (χ3v) is 3.94. The Labute approximate surface area is 129 Å². The molecule has 0 aromatic heterocycles. The predicted molar refractivity (Wildman–Crippen MR) is 87.2 cm³/mol. The van der Waals surface area contributed by atoms with Gasteiger partial charge in [0.2, 0.25) is 0 Å². The monoisotopic (exact) mass is 291 g/mol. The zero-order chi connectivity index (χ0) is 15.3. The first-order chi connectivity index (χ1) is 9.97. The molecular formula is C18H29NO2. The van der Waals surface area contributed by atoms with Gasteiger partial charge in [0, 0.05) is 19.7 Å². The normalized spacial score (nSPS) is 19.0. The molecule has 0 spiro atoms. The topological polar surface area (TPSA) is 30.5 Å². The molecule has 1 aromatic carbocycles. The summed E-state index contributed by atoms with van der Waals surface area (Å²) in [5, 5.41) is 3.47. The lowest BCUT2D eigenvalue weighted by molar-refractivity contribution is 0.185. The van der Waals surface area contributed by atoms with Crippen molar-refractivity contribution in [1.29, 1.82) is 0 Å². The highest BCUT2D eigenvalue weighted by atomic mass is 16.5. The quantitative estimate of drug-likeness (QED) is 0.816. The molecule has 0 aliphatic carbocycles. The first-order valence-corrected chi connectivity index (χ1v) is 7.99. The molecule has 2 rings (SSSR count). The average molecular weight is 291 g/mol. The summed E-state index contributed by atoms with van der Waals surface area (Å²) in [6, 6.07) is 6.49. The van der Waals surface area contributed by atoms with Crippen LogP contribution in [0.5, 0.6) is 5.75 Å². The number of rotatable bonds is 6. The summed E-state index contributed by atoms with van der Waals surface area (Å²) >= 11 is 0. The maximum atomic E-state index is 6.02. The van der Waals surface area contributed by atoms with Crippen molar-refractivity contribution < 1.29 is 9.47 Å². The largest absolute Gasteiger partial charge is 0.492 e. The molecule has 3 nitrogen and oxygen atoms in total. The number of ether oxygens (including phenoxy) is 2. The maximum absolute atomic E-state index is 6.02. The van der Waals surface area contributed by atoms with Gasteiger partial charge in [-0.05, 0) is 41.9 Å². The number of aryl methyl sites for hydroxylation is 1. The molecule has 1 heterocycles. The SMILES string of the molecule is Cc1ccc(C(C)(C)C)c(OCCNCC2CCOC2)c1. The van der Waals surface area contributed by atoms with Crippen molar-refractivity contribution in [2.45, 2.75) is 39.5 Å². The fourth-order valence-corrected chi connectivity index (χ4v) is 2.65. The molecule has 1 aliphatic heterocycles. The highest BCUT2D eigenvalue weighted by Gasteiger charge is 2.19. The zero-order valence-corrected chi connectivity index (χ0v) is 13.9. The van der Waals surface area contributed by atoms with Crippen molar-refractivity contribution in [3.05, 3.63) is 29.3 Å². The second-order valence-electron chi connectivity index (χ2n) is 7.03. The minimum absolute atomic E-state index is 0.109. The van der Waals surface area contributed by atoms with Crippen molar-refractivity contribution >= 4 is 0 Å². The molecule has 118 valence electrons. The number of nitrogens with one attached hydrogen (secondary N) is 1. The Balaban J connectivity index is 1.80. The Morgan fingerprint density at radius 3 is 2.81 bits per heavy atom. The third-order valence-electron chi connectivity index (χ3n) is 3.94. The van der Waals surface area contributed by atoms with Gasteiger partial charge < -0.3 is 14.8 Å². The Morgan fingerprint density at radius 2 is 2.14 bits per heavy atom. The van der Waals surface area contributed by atoms with Crippen molar-refractivity contribution in [2.75, 3.05) is 32.9 Å². The van der Waals surface area contributed by atoms with E-state index >= 15 is 0 Å². The molecule has 1 fully saturated rings. The summed E-state index contributed by atoms with van der Waals surface area (Å²) in [6.07, 6.45) is 1.18. The van der Waals surface area contributed by atoms with Crippen LogP contribution in [-0.2, 0) is 10.2 Å². The maximum Gasteiger partial charge on any atom is 0.123 e. The number of hydrogen-bond donors (Lipinski definition) is 1. The van der Waals surface area contributed by atoms with E-state index < -0.39 is 0 Å². The van der Waals surface area contributed by atoms with Gasteiger partial charge >= 0.3 is 0 Å². The molecule has 1 saturated heterocycles. The lowest BCUT2D eigenvalue weighted by atomic mass is 9.86. The van der Waals surface area contributed by atoms with E-state index in [-0.39, 0.29) is 5.41 Å². The minimum Gasteiger partial charge on any atom is -0.492 e. The molecule has 21 heavy (non-hydrogen) atoms. The van der Waals surface area contributed by atoms with Gasteiger partial charge in [-0.1, -0.05) is 32.9 Å². The summed E-state index contributed by atoms with van der Waals surface area (Å²) < 4.78 is 11.4. The highest BCUT2D eigenvalue weighted by molar-refractivity contribution is 5.41. The Hall–Kier alpha value is -1.06. The Bertz CT molecular complexity index is 445. The molecule has 1 unspecified atom stereocenters. The van der Waals surface area contributed by atoms with Crippen LogP contribution in [0.25, 0.3) is 0 Å². The fraction of sp³-hybridized carbons (Fsp3) is 0.667. The third kappa shape index (κ3) is 5.01. The van der Waals surface area contributed by atoms with Crippen molar-refractivity contribution in [1.82, 2.24) is 5.32 Å². The summed E-state index contributed by atoms with van der Waals surface area (Å²) in [5.41, 5.74) is 2.63. The number of hydrogen-bond acceptors (Lipinski definition) is 3. The first-order valence-electron chi connectivity index (χ1n) is 7.99. The van der Waals surface area contributed by atoms with Gasteiger partial charge in [-0.25, -0.2) is 0 Å². The van der Waals surface area contributed by atoms with E-state index in [4.69, 9.17) is 9.47 Å². The van der Waals surface area contributed by atoms with Crippen LogP contribution in [0.4, 0.5) is 0 Å². The summed E-state index contributed by atoms with van der Waals surface area (Å²) in [6.45, 7) is 13.2. The Kier molecular flexibility index (Phi) is 5.65. The minimum atomic E-state index is 0.109. The van der Waals surface area contributed by atoms with E-state index in [1.807, 2.05) is 0 Å². The van der Waals surface area contributed by atoms with E-state index in [9.17, 15) is 0 Å². The van der Waals surface area contributed by atoms with E-state index in [1.165, 1.54) is 17.5 Å². The molecule has 0 bridgehead atoms. The molecule has 0 saturated carbocycles. The number of benzene rings is 1. The first kappa shape index (κ1) is 16.3. The second-order valence-corrected chi connectivity index (χ2v) is 7.03. The van der Waals surface area contributed by atoms with Crippen molar-refractivity contribution in [3.8, 4) is 5.75 Å². The summed E-state index contributed by atoms with van der Waals surface area (Å²) in [5.74, 6) is 1.70. The molecule has 0 radical (unpaired) electrons. The smallest absolute Gasteiger partial charge is 0.123 e. The van der Waals surface area contributed by atoms with Gasteiger partial charge in [0.05, 0.1) is 6.61 Å². The van der Waals surface area contributed by atoms with E-state index in [1.54, 1.807) is 0 Å². The van der Waals surface area contributed by atoms with Crippen LogP contribution in [0.3, 0.4) is 0 Å². The lowest BCUT2D eigenvalue weighted by Crippen LogP contribution is -2.27. The predicted octanol–water partition coefficient (Wildman–Crippen LogP) is 3.30.